The van der Waals surface area contributed by atoms with Crippen molar-refractivity contribution in [2.45, 2.75) is 37.8 Å². The molecular weight excluding hydrogens is 270 g/mol. The van der Waals surface area contributed by atoms with Crippen molar-refractivity contribution < 1.29 is 4.74 Å². The van der Waals surface area contributed by atoms with Crippen LogP contribution in [0.2, 0.25) is 0 Å². The molecular formula is C11H16BrN3O. The molecule has 1 N–H and O–H groups in total. The van der Waals surface area contributed by atoms with Gasteiger partial charge in [-0.15, -0.1) is 0 Å². The van der Waals surface area contributed by atoms with Gasteiger partial charge in [-0.2, -0.15) is 0 Å². The summed E-state index contributed by atoms with van der Waals surface area (Å²) in [5.74, 6) is 0. The van der Waals surface area contributed by atoms with Crippen LogP contribution in [0.4, 0.5) is 0 Å². The van der Waals surface area contributed by atoms with Crippen LogP contribution in [0.15, 0.2) is 16.9 Å². The lowest BCUT2D eigenvalue weighted by molar-refractivity contribution is 0.107. The van der Waals surface area contributed by atoms with E-state index in [4.69, 9.17) is 4.74 Å². The van der Waals surface area contributed by atoms with Gasteiger partial charge in [0.05, 0.1) is 4.47 Å². The molecule has 0 spiro atoms. The second-order valence-electron chi connectivity index (χ2n) is 4.02. The van der Waals surface area contributed by atoms with E-state index in [0.29, 0.717) is 12.1 Å². The van der Waals surface area contributed by atoms with Gasteiger partial charge in [0, 0.05) is 18.4 Å². The highest BCUT2D eigenvalue weighted by molar-refractivity contribution is 9.10. The van der Waals surface area contributed by atoms with Crippen molar-refractivity contribution in [1.82, 2.24) is 15.3 Å². The number of nitrogens with zero attached hydrogens (tertiary/aromatic N) is 2. The minimum atomic E-state index is 0.194. The van der Waals surface area contributed by atoms with Crippen molar-refractivity contribution in [3.63, 3.8) is 0 Å². The summed E-state index contributed by atoms with van der Waals surface area (Å²) in [4.78, 5) is 8.27. The second kappa shape index (κ2) is 5.59. The fourth-order valence-corrected chi connectivity index (χ4v) is 2.27. The molecule has 4 nitrogen and oxygen atoms in total. The largest absolute Gasteiger partial charge is 0.458 e. The van der Waals surface area contributed by atoms with Crippen LogP contribution in [0.25, 0.3) is 0 Å². The molecule has 0 radical (unpaired) electrons. The van der Waals surface area contributed by atoms with Crippen LogP contribution in [-0.4, -0.2) is 29.2 Å². The maximum atomic E-state index is 5.81. The lowest BCUT2D eigenvalue weighted by atomic mass is 9.92. The third-order valence-corrected chi connectivity index (χ3v) is 3.34. The Morgan fingerprint density at radius 3 is 2.69 bits per heavy atom. The predicted octanol–water partition coefficient (Wildman–Crippen LogP) is 2.15. The SMILES string of the molecule is CNC1CCCCC1Oc1ncc(Br)cn1. The molecule has 1 aliphatic rings. The highest BCUT2D eigenvalue weighted by Gasteiger charge is 2.25. The Morgan fingerprint density at radius 2 is 2.00 bits per heavy atom. The summed E-state index contributed by atoms with van der Waals surface area (Å²) < 4.78 is 6.68. The lowest BCUT2D eigenvalue weighted by Gasteiger charge is -2.30. The summed E-state index contributed by atoms with van der Waals surface area (Å²) in [6.45, 7) is 0. The molecule has 1 fully saturated rings. The molecule has 16 heavy (non-hydrogen) atoms. The summed E-state index contributed by atoms with van der Waals surface area (Å²) in [5, 5.41) is 3.30. The zero-order chi connectivity index (χ0) is 11.4. The van der Waals surface area contributed by atoms with Crippen molar-refractivity contribution in [3.05, 3.63) is 16.9 Å². The van der Waals surface area contributed by atoms with Crippen molar-refractivity contribution in [3.8, 4) is 6.01 Å². The zero-order valence-corrected chi connectivity index (χ0v) is 10.9. The Hall–Kier alpha value is -0.680. The lowest BCUT2D eigenvalue weighted by Crippen LogP contribution is -2.43. The zero-order valence-electron chi connectivity index (χ0n) is 9.32. The number of hydrogen-bond acceptors (Lipinski definition) is 4. The van der Waals surface area contributed by atoms with E-state index in [-0.39, 0.29) is 6.10 Å². The van der Waals surface area contributed by atoms with E-state index in [1.54, 1.807) is 12.4 Å². The molecule has 2 unspecified atom stereocenters. The van der Waals surface area contributed by atoms with Gasteiger partial charge in [-0.1, -0.05) is 6.42 Å². The van der Waals surface area contributed by atoms with Crippen molar-refractivity contribution in [1.29, 1.82) is 0 Å². The van der Waals surface area contributed by atoms with Gasteiger partial charge >= 0.3 is 6.01 Å². The van der Waals surface area contributed by atoms with Gasteiger partial charge in [-0.3, -0.25) is 0 Å². The Labute approximate surface area is 104 Å². The first-order chi connectivity index (χ1) is 7.79. The molecule has 1 aliphatic carbocycles. The molecule has 1 aromatic rings. The molecule has 0 aromatic carbocycles. The molecule has 0 bridgehead atoms. The van der Waals surface area contributed by atoms with Crippen molar-refractivity contribution in [2.75, 3.05) is 7.05 Å². The molecule has 0 aliphatic heterocycles. The number of hydrogen-bond donors (Lipinski definition) is 1. The average molecular weight is 286 g/mol. The van der Waals surface area contributed by atoms with E-state index in [2.05, 4.69) is 31.2 Å². The first-order valence-corrected chi connectivity index (χ1v) is 6.40. The topological polar surface area (TPSA) is 47.0 Å². The quantitative estimate of drug-likeness (QED) is 0.925. The highest BCUT2D eigenvalue weighted by atomic mass is 79.9. The van der Waals surface area contributed by atoms with Gasteiger partial charge in [0.15, 0.2) is 0 Å². The third kappa shape index (κ3) is 2.92. The summed E-state index contributed by atoms with van der Waals surface area (Å²) in [6, 6.07) is 0.886. The molecule has 2 rings (SSSR count). The van der Waals surface area contributed by atoms with Gasteiger partial charge in [0.1, 0.15) is 6.10 Å². The predicted molar refractivity (Wildman–Crippen MR) is 65.5 cm³/mol. The number of rotatable bonds is 3. The van der Waals surface area contributed by atoms with E-state index in [0.717, 1.165) is 17.3 Å². The van der Waals surface area contributed by atoms with Gasteiger partial charge in [-0.05, 0) is 42.2 Å². The van der Waals surface area contributed by atoms with Crippen LogP contribution in [0.5, 0.6) is 6.01 Å². The van der Waals surface area contributed by atoms with E-state index < -0.39 is 0 Å². The number of halogens is 1. The van der Waals surface area contributed by atoms with Crippen LogP contribution < -0.4 is 10.1 Å². The summed E-state index contributed by atoms with van der Waals surface area (Å²) in [6.07, 6.45) is 8.34. The van der Waals surface area contributed by atoms with Crippen LogP contribution in [-0.2, 0) is 0 Å². The van der Waals surface area contributed by atoms with Gasteiger partial charge in [0.25, 0.3) is 0 Å². The fraction of sp³-hybridized carbons (Fsp3) is 0.636. The summed E-state index contributed by atoms with van der Waals surface area (Å²) >= 11 is 3.30. The maximum Gasteiger partial charge on any atom is 0.316 e. The Kier molecular flexibility index (Phi) is 4.12. The van der Waals surface area contributed by atoms with Gasteiger partial charge in [-0.25, -0.2) is 9.97 Å². The van der Waals surface area contributed by atoms with Crippen molar-refractivity contribution in [2.24, 2.45) is 0 Å². The molecule has 1 aromatic heterocycles. The maximum absolute atomic E-state index is 5.81. The monoisotopic (exact) mass is 285 g/mol. The standard InChI is InChI=1S/C11H16BrN3O/c1-13-9-4-2-3-5-10(9)16-11-14-6-8(12)7-15-11/h6-7,9-10,13H,2-5H2,1H3. The number of ether oxygens (including phenoxy) is 1. The van der Waals surface area contributed by atoms with E-state index in [1.807, 2.05) is 7.05 Å². The average Bonchev–Trinajstić information content (AvgIpc) is 2.33. The van der Waals surface area contributed by atoms with Gasteiger partial charge in [0.2, 0.25) is 0 Å². The smallest absolute Gasteiger partial charge is 0.316 e. The Balaban J connectivity index is 1.99. The normalized spacial score (nSPS) is 25.4. The number of aromatic nitrogens is 2. The number of nitrogens with one attached hydrogen (secondary N) is 1. The minimum Gasteiger partial charge on any atom is -0.458 e. The fourth-order valence-electron chi connectivity index (χ4n) is 2.06. The van der Waals surface area contributed by atoms with Crippen LogP contribution in [0.3, 0.4) is 0 Å². The van der Waals surface area contributed by atoms with Gasteiger partial charge < -0.3 is 10.1 Å². The number of likely N-dealkylation sites (N-methyl/N-ethyl adjacent to an activating group) is 1. The molecule has 88 valence electrons. The molecule has 2 atom stereocenters. The second-order valence-corrected chi connectivity index (χ2v) is 4.94. The first-order valence-electron chi connectivity index (χ1n) is 5.61. The van der Waals surface area contributed by atoms with E-state index in [1.165, 1.54) is 12.8 Å². The molecule has 1 heterocycles. The molecule has 0 amide bonds. The van der Waals surface area contributed by atoms with Crippen LogP contribution >= 0.6 is 15.9 Å². The van der Waals surface area contributed by atoms with Crippen LogP contribution in [0.1, 0.15) is 25.7 Å². The summed E-state index contributed by atoms with van der Waals surface area (Å²) in [5.41, 5.74) is 0. The van der Waals surface area contributed by atoms with Crippen molar-refractivity contribution >= 4 is 15.9 Å². The van der Waals surface area contributed by atoms with E-state index >= 15 is 0 Å². The molecule has 0 saturated heterocycles. The summed E-state index contributed by atoms with van der Waals surface area (Å²) in [7, 11) is 1.98. The Bertz CT molecular complexity index is 331. The first kappa shape index (κ1) is 11.8. The molecule has 5 heteroatoms. The highest BCUT2D eigenvalue weighted by Crippen LogP contribution is 2.22. The Morgan fingerprint density at radius 1 is 1.31 bits per heavy atom. The van der Waals surface area contributed by atoms with Crippen LogP contribution in [0, 0.1) is 0 Å². The minimum absolute atomic E-state index is 0.194. The van der Waals surface area contributed by atoms with E-state index in [9.17, 15) is 0 Å². The molecule has 1 saturated carbocycles. The third-order valence-electron chi connectivity index (χ3n) is 2.93.